The van der Waals surface area contributed by atoms with Gasteiger partial charge in [0.05, 0.1) is 5.56 Å². The van der Waals surface area contributed by atoms with E-state index in [1.54, 1.807) is 12.1 Å². The fraction of sp³-hybridized carbons (Fsp3) is 0.562. The standard InChI is InChI=1S/C16H24N2O2/c1-12(2)8-15-11-18(7-6-17-15)10-13-4-3-5-14(9-13)16(19)20/h3-5,9,12,15,17H,6-8,10-11H2,1-2H3,(H,19,20)/t15-/m0/s1. The predicted octanol–water partition coefficient (Wildman–Crippen LogP) is 2.20. The number of aromatic carboxylic acids is 1. The van der Waals surface area contributed by atoms with Crippen molar-refractivity contribution in [2.45, 2.75) is 32.9 Å². The lowest BCUT2D eigenvalue weighted by molar-refractivity contribution is 0.0696. The third kappa shape index (κ3) is 4.32. The van der Waals surface area contributed by atoms with E-state index in [1.165, 1.54) is 6.42 Å². The van der Waals surface area contributed by atoms with Crippen LogP contribution in [0.5, 0.6) is 0 Å². The second-order valence-corrected chi connectivity index (χ2v) is 6.02. The molecule has 0 saturated carbocycles. The van der Waals surface area contributed by atoms with Gasteiger partial charge in [0, 0.05) is 32.2 Å². The number of benzene rings is 1. The van der Waals surface area contributed by atoms with E-state index in [4.69, 9.17) is 5.11 Å². The molecule has 0 bridgehead atoms. The first-order valence-corrected chi connectivity index (χ1v) is 7.32. The third-order valence-electron chi connectivity index (χ3n) is 3.68. The fourth-order valence-electron chi connectivity index (χ4n) is 2.83. The highest BCUT2D eigenvalue weighted by Gasteiger charge is 2.20. The molecule has 0 unspecified atom stereocenters. The Labute approximate surface area is 120 Å². The first-order chi connectivity index (χ1) is 9.54. The molecule has 20 heavy (non-hydrogen) atoms. The van der Waals surface area contributed by atoms with Gasteiger partial charge in [-0.1, -0.05) is 26.0 Å². The molecule has 1 heterocycles. The summed E-state index contributed by atoms with van der Waals surface area (Å²) in [5.74, 6) is -0.160. The molecular weight excluding hydrogens is 252 g/mol. The Hall–Kier alpha value is -1.39. The van der Waals surface area contributed by atoms with E-state index >= 15 is 0 Å². The molecule has 0 radical (unpaired) electrons. The number of nitrogens with zero attached hydrogens (tertiary/aromatic N) is 1. The van der Waals surface area contributed by atoms with Crippen LogP contribution in [0.4, 0.5) is 0 Å². The van der Waals surface area contributed by atoms with Crippen molar-refractivity contribution >= 4 is 5.97 Å². The van der Waals surface area contributed by atoms with Crippen LogP contribution in [0.25, 0.3) is 0 Å². The van der Waals surface area contributed by atoms with Gasteiger partial charge in [0.15, 0.2) is 0 Å². The molecule has 110 valence electrons. The molecule has 4 nitrogen and oxygen atoms in total. The summed E-state index contributed by atoms with van der Waals surface area (Å²) in [6.07, 6.45) is 1.19. The molecule has 0 spiro atoms. The zero-order chi connectivity index (χ0) is 14.5. The van der Waals surface area contributed by atoms with Crippen LogP contribution in [-0.4, -0.2) is 41.7 Å². The van der Waals surface area contributed by atoms with Gasteiger partial charge in [0.25, 0.3) is 0 Å². The normalized spacial score (nSPS) is 20.2. The lowest BCUT2D eigenvalue weighted by atomic mass is 10.0. The smallest absolute Gasteiger partial charge is 0.335 e. The Balaban J connectivity index is 1.95. The second kappa shape index (κ2) is 6.86. The van der Waals surface area contributed by atoms with Gasteiger partial charge in [-0.3, -0.25) is 4.90 Å². The molecular formula is C16H24N2O2. The van der Waals surface area contributed by atoms with Crippen LogP contribution in [0, 0.1) is 5.92 Å². The third-order valence-corrected chi connectivity index (χ3v) is 3.68. The fourth-order valence-corrected chi connectivity index (χ4v) is 2.83. The molecule has 0 aliphatic carbocycles. The van der Waals surface area contributed by atoms with Crippen LogP contribution < -0.4 is 5.32 Å². The van der Waals surface area contributed by atoms with Crippen LogP contribution in [0.3, 0.4) is 0 Å². The van der Waals surface area contributed by atoms with Crippen molar-refractivity contribution in [2.24, 2.45) is 5.92 Å². The minimum absolute atomic E-state index is 0.372. The monoisotopic (exact) mass is 276 g/mol. The van der Waals surface area contributed by atoms with Crippen LogP contribution in [0.1, 0.15) is 36.2 Å². The lowest BCUT2D eigenvalue weighted by Crippen LogP contribution is -2.50. The maximum Gasteiger partial charge on any atom is 0.335 e. The Morgan fingerprint density at radius 3 is 3.00 bits per heavy atom. The Bertz CT molecular complexity index is 460. The van der Waals surface area contributed by atoms with Crippen molar-refractivity contribution in [2.75, 3.05) is 19.6 Å². The minimum atomic E-state index is -0.857. The molecule has 0 amide bonds. The number of hydrogen-bond donors (Lipinski definition) is 2. The number of piperazine rings is 1. The van der Waals surface area contributed by atoms with Gasteiger partial charge in [0.2, 0.25) is 0 Å². The van der Waals surface area contributed by atoms with Crippen molar-refractivity contribution in [3.05, 3.63) is 35.4 Å². The summed E-state index contributed by atoms with van der Waals surface area (Å²) < 4.78 is 0. The topological polar surface area (TPSA) is 52.6 Å². The Morgan fingerprint density at radius 1 is 1.50 bits per heavy atom. The zero-order valence-corrected chi connectivity index (χ0v) is 12.3. The maximum atomic E-state index is 11.0. The van der Waals surface area contributed by atoms with Crippen molar-refractivity contribution in [3.8, 4) is 0 Å². The van der Waals surface area contributed by atoms with E-state index in [0.717, 1.165) is 31.7 Å². The highest BCUT2D eigenvalue weighted by Crippen LogP contribution is 2.13. The number of rotatable bonds is 5. The molecule has 2 rings (SSSR count). The van der Waals surface area contributed by atoms with Crippen LogP contribution in [0.15, 0.2) is 24.3 Å². The molecule has 1 saturated heterocycles. The summed E-state index contributed by atoms with van der Waals surface area (Å²) in [6, 6.07) is 7.80. The van der Waals surface area contributed by atoms with Gasteiger partial charge < -0.3 is 10.4 Å². The summed E-state index contributed by atoms with van der Waals surface area (Å²) in [4.78, 5) is 13.4. The summed E-state index contributed by atoms with van der Waals surface area (Å²) >= 11 is 0. The van der Waals surface area contributed by atoms with Gasteiger partial charge in [-0.15, -0.1) is 0 Å². The van der Waals surface area contributed by atoms with Crippen LogP contribution in [0.2, 0.25) is 0 Å². The van der Waals surface area contributed by atoms with Gasteiger partial charge in [-0.05, 0) is 30.0 Å². The van der Waals surface area contributed by atoms with Crippen molar-refractivity contribution in [3.63, 3.8) is 0 Å². The zero-order valence-electron chi connectivity index (χ0n) is 12.3. The highest BCUT2D eigenvalue weighted by molar-refractivity contribution is 5.87. The molecule has 1 atom stereocenters. The second-order valence-electron chi connectivity index (χ2n) is 6.02. The molecule has 1 aliphatic heterocycles. The molecule has 1 aromatic rings. The van der Waals surface area contributed by atoms with Crippen LogP contribution >= 0.6 is 0 Å². The molecule has 1 aromatic carbocycles. The van der Waals surface area contributed by atoms with Gasteiger partial charge in [-0.25, -0.2) is 4.79 Å². The van der Waals surface area contributed by atoms with E-state index in [0.29, 0.717) is 17.5 Å². The molecule has 1 fully saturated rings. The Kier molecular flexibility index (Phi) is 5.15. The van der Waals surface area contributed by atoms with E-state index in [2.05, 4.69) is 24.1 Å². The van der Waals surface area contributed by atoms with Gasteiger partial charge in [-0.2, -0.15) is 0 Å². The van der Waals surface area contributed by atoms with Crippen LogP contribution in [-0.2, 0) is 6.54 Å². The minimum Gasteiger partial charge on any atom is -0.478 e. The number of hydrogen-bond acceptors (Lipinski definition) is 3. The SMILES string of the molecule is CC(C)C[C@H]1CN(Cc2cccc(C(=O)O)c2)CCN1. The highest BCUT2D eigenvalue weighted by atomic mass is 16.4. The quantitative estimate of drug-likeness (QED) is 0.865. The van der Waals surface area contributed by atoms with E-state index < -0.39 is 5.97 Å². The van der Waals surface area contributed by atoms with Crippen molar-refractivity contribution in [1.82, 2.24) is 10.2 Å². The van der Waals surface area contributed by atoms with Gasteiger partial charge in [0.1, 0.15) is 0 Å². The summed E-state index contributed by atoms with van der Waals surface area (Å²) in [6.45, 7) is 8.39. The largest absolute Gasteiger partial charge is 0.478 e. The number of carboxylic acids is 1. The van der Waals surface area contributed by atoms with E-state index in [9.17, 15) is 4.79 Å². The first-order valence-electron chi connectivity index (χ1n) is 7.32. The summed E-state index contributed by atoms with van der Waals surface area (Å²) in [5.41, 5.74) is 1.45. The molecule has 1 aliphatic rings. The van der Waals surface area contributed by atoms with Crippen molar-refractivity contribution < 1.29 is 9.90 Å². The van der Waals surface area contributed by atoms with Gasteiger partial charge >= 0.3 is 5.97 Å². The number of carbonyl (C=O) groups is 1. The summed E-state index contributed by atoms with van der Waals surface area (Å²) in [5, 5.41) is 12.6. The molecule has 2 N–H and O–H groups in total. The predicted molar refractivity (Wildman–Crippen MR) is 79.9 cm³/mol. The lowest BCUT2D eigenvalue weighted by Gasteiger charge is -2.34. The van der Waals surface area contributed by atoms with Crippen molar-refractivity contribution in [1.29, 1.82) is 0 Å². The average Bonchev–Trinajstić information content (AvgIpc) is 2.38. The molecule has 0 aromatic heterocycles. The number of nitrogens with one attached hydrogen (secondary N) is 1. The first kappa shape index (κ1) is 15.0. The van der Waals surface area contributed by atoms with E-state index in [-0.39, 0.29) is 0 Å². The average molecular weight is 276 g/mol. The van der Waals surface area contributed by atoms with E-state index in [1.807, 2.05) is 12.1 Å². The Morgan fingerprint density at radius 2 is 2.30 bits per heavy atom. The maximum absolute atomic E-state index is 11.0. The number of carboxylic acid groups (broad SMARTS) is 1. The summed E-state index contributed by atoms with van der Waals surface area (Å²) in [7, 11) is 0. The molecule has 4 heteroatoms.